The third-order valence-electron chi connectivity index (χ3n) is 6.57. The molecule has 2 aliphatic rings. The average molecular weight is 439 g/mol. The molecule has 2 aliphatic heterocycles. The van der Waals surface area contributed by atoms with Crippen molar-refractivity contribution in [2.24, 2.45) is 5.92 Å². The Morgan fingerprint density at radius 1 is 1.03 bits per heavy atom. The predicted octanol–water partition coefficient (Wildman–Crippen LogP) is 3.21. The highest BCUT2D eigenvalue weighted by atomic mass is 16.6. The maximum absolute atomic E-state index is 13.0. The van der Waals surface area contributed by atoms with E-state index in [-0.39, 0.29) is 18.6 Å². The molecule has 2 amide bonds. The molecule has 2 aromatic carbocycles. The largest absolute Gasteiger partial charge is 0.497 e. The second-order valence-corrected chi connectivity index (χ2v) is 8.58. The molecule has 7 nitrogen and oxygen atoms in total. The van der Waals surface area contributed by atoms with Crippen LogP contribution in [0.1, 0.15) is 30.4 Å². The van der Waals surface area contributed by atoms with Crippen molar-refractivity contribution in [3.05, 3.63) is 65.7 Å². The van der Waals surface area contributed by atoms with E-state index in [9.17, 15) is 14.7 Å². The van der Waals surface area contributed by atoms with Gasteiger partial charge in [0.1, 0.15) is 12.4 Å². The highest BCUT2D eigenvalue weighted by molar-refractivity contribution is 5.82. The van der Waals surface area contributed by atoms with Gasteiger partial charge in [0, 0.05) is 26.2 Å². The second kappa shape index (κ2) is 9.61. The van der Waals surface area contributed by atoms with Crippen LogP contribution in [-0.2, 0) is 22.7 Å². The molecular formula is C25H30N2O5. The summed E-state index contributed by atoms with van der Waals surface area (Å²) < 4.78 is 10.6. The average Bonchev–Trinajstić information content (AvgIpc) is 3.20. The van der Waals surface area contributed by atoms with Crippen LogP contribution in [0.3, 0.4) is 0 Å². The molecule has 1 N–H and O–H groups in total. The Kier molecular flexibility index (Phi) is 6.65. The predicted molar refractivity (Wildman–Crippen MR) is 119 cm³/mol. The molecule has 0 radical (unpaired) electrons. The SMILES string of the molecule is COc1ccc(CN2CCC(C3(O)CCN(C(=O)OCc4ccccc4)CC3)C2=O)cc1. The summed E-state index contributed by atoms with van der Waals surface area (Å²) in [5.74, 6) is 0.342. The highest BCUT2D eigenvalue weighted by Gasteiger charge is 2.48. The van der Waals surface area contributed by atoms with Crippen molar-refractivity contribution in [1.29, 1.82) is 0 Å². The molecule has 2 aromatic rings. The molecule has 4 rings (SSSR count). The Morgan fingerprint density at radius 2 is 1.72 bits per heavy atom. The first kappa shape index (κ1) is 22.1. The minimum absolute atomic E-state index is 0.0107. The van der Waals surface area contributed by atoms with Crippen molar-refractivity contribution in [1.82, 2.24) is 9.80 Å². The van der Waals surface area contributed by atoms with Gasteiger partial charge in [-0.25, -0.2) is 4.79 Å². The quantitative estimate of drug-likeness (QED) is 0.749. The fraction of sp³-hybridized carbons (Fsp3) is 0.440. The molecule has 0 aliphatic carbocycles. The number of hydrogen-bond donors (Lipinski definition) is 1. The van der Waals surface area contributed by atoms with E-state index in [2.05, 4.69) is 0 Å². The zero-order chi connectivity index (χ0) is 22.6. The van der Waals surface area contributed by atoms with Crippen molar-refractivity contribution < 1.29 is 24.2 Å². The van der Waals surface area contributed by atoms with Gasteiger partial charge in [-0.1, -0.05) is 42.5 Å². The van der Waals surface area contributed by atoms with Gasteiger partial charge in [-0.2, -0.15) is 0 Å². The van der Waals surface area contributed by atoms with E-state index < -0.39 is 11.5 Å². The van der Waals surface area contributed by atoms with Crippen LogP contribution in [0, 0.1) is 5.92 Å². The van der Waals surface area contributed by atoms with Gasteiger partial charge in [0.2, 0.25) is 5.91 Å². The lowest BCUT2D eigenvalue weighted by molar-refractivity contribution is -0.142. The molecule has 0 spiro atoms. The topological polar surface area (TPSA) is 79.3 Å². The maximum atomic E-state index is 13.0. The van der Waals surface area contributed by atoms with Crippen LogP contribution in [0.25, 0.3) is 0 Å². The first-order chi connectivity index (χ1) is 15.5. The van der Waals surface area contributed by atoms with Gasteiger partial charge >= 0.3 is 6.09 Å². The first-order valence-electron chi connectivity index (χ1n) is 11.1. The molecule has 1 unspecified atom stereocenters. The lowest BCUT2D eigenvalue weighted by Crippen LogP contribution is -2.52. The second-order valence-electron chi connectivity index (χ2n) is 8.58. The molecule has 2 heterocycles. The molecule has 2 fully saturated rings. The number of nitrogens with zero attached hydrogens (tertiary/aromatic N) is 2. The Hall–Kier alpha value is -3.06. The Morgan fingerprint density at radius 3 is 2.38 bits per heavy atom. The van der Waals surface area contributed by atoms with Crippen molar-refractivity contribution in [2.75, 3.05) is 26.7 Å². The summed E-state index contributed by atoms with van der Waals surface area (Å²) in [6.07, 6.45) is 1.000. The molecule has 0 aromatic heterocycles. The summed E-state index contributed by atoms with van der Waals surface area (Å²) in [4.78, 5) is 28.9. The molecule has 170 valence electrons. The molecule has 32 heavy (non-hydrogen) atoms. The van der Waals surface area contributed by atoms with Gasteiger partial charge in [-0.05, 0) is 42.5 Å². The van der Waals surface area contributed by atoms with Gasteiger partial charge < -0.3 is 24.4 Å². The van der Waals surface area contributed by atoms with Crippen molar-refractivity contribution in [3.8, 4) is 5.75 Å². The zero-order valence-electron chi connectivity index (χ0n) is 18.4. The van der Waals surface area contributed by atoms with Gasteiger partial charge in [0.25, 0.3) is 0 Å². The number of rotatable bonds is 6. The third kappa shape index (κ3) is 4.88. The molecule has 1 atom stereocenters. The number of aliphatic hydroxyl groups is 1. The van der Waals surface area contributed by atoms with Gasteiger partial charge in [0.15, 0.2) is 0 Å². The van der Waals surface area contributed by atoms with Gasteiger partial charge in [-0.3, -0.25) is 4.79 Å². The number of likely N-dealkylation sites (tertiary alicyclic amines) is 2. The Labute approximate surface area is 188 Å². The van der Waals surface area contributed by atoms with Crippen LogP contribution in [0.2, 0.25) is 0 Å². The lowest BCUT2D eigenvalue weighted by Gasteiger charge is -2.40. The van der Waals surface area contributed by atoms with Crippen molar-refractivity contribution in [2.45, 2.75) is 38.0 Å². The first-order valence-corrected chi connectivity index (χ1v) is 11.1. The van der Waals surface area contributed by atoms with Crippen LogP contribution < -0.4 is 4.74 Å². The summed E-state index contributed by atoms with van der Waals surface area (Å²) in [5.41, 5.74) is 0.882. The van der Waals surface area contributed by atoms with E-state index in [4.69, 9.17) is 9.47 Å². The smallest absolute Gasteiger partial charge is 0.410 e. The molecule has 0 saturated carbocycles. The number of carbonyl (C=O) groups excluding carboxylic acids is 2. The van der Waals surface area contributed by atoms with Crippen LogP contribution in [0.5, 0.6) is 5.75 Å². The molecule has 0 bridgehead atoms. The zero-order valence-corrected chi connectivity index (χ0v) is 18.4. The summed E-state index contributed by atoms with van der Waals surface area (Å²) >= 11 is 0. The number of piperidine rings is 1. The molecule has 2 saturated heterocycles. The Bertz CT molecular complexity index is 923. The van der Waals surface area contributed by atoms with E-state index >= 15 is 0 Å². The van der Waals surface area contributed by atoms with E-state index in [0.717, 1.165) is 16.9 Å². The van der Waals surface area contributed by atoms with E-state index in [1.165, 1.54) is 0 Å². The summed E-state index contributed by atoms with van der Waals surface area (Å²) in [5, 5.41) is 11.3. The number of amides is 2. The monoisotopic (exact) mass is 438 g/mol. The van der Waals surface area contributed by atoms with E-state index in [1.54, 1.807) is 12.0 Å². The number of benzene rings is 2. The molecule has 7 heteroatoms. The standard InChI is InChI=1S/C25H30N2O5/c1-31-21-9-7-19(8-10-21)17-27-14-11-22(23(27)28)25(30)12-15-26(16-13-25)24(29)32-18-20-5-3-2-4-6-20/h2-10,22,30H,11-18H2,1H3. The summed E-state index contributed by atoms with van der Waals surface area (Å²) in [7, 11) is 1.62. The van der Waals surface area contributed by atoms with Crippen LogP contribution >= 0.6 is 0 Å². The van der Waals surface area contributed by atoms with Crippen LogP contribution in [-0.4, -0.2) is 59.3 Å². The van der Waals surface area contributed by atoms with Crippen LogP contribution in [0.15, 0.2) is 54.6 Å². The summed E-state index contributed by atoms with van der Waals surface area (Å²) in [6.45, 7) is 2.13. The Balaban J connectivity index is 1.28. The van der Waals surface area contributed by atoms with Crippen molar-refractivity contribution in [3.63, 3.8) is 0 Å². The van der Waals surface area contributed by atoms with Gasteiger partial charge in [-0.15, -0.1) is 0 Å². The lowest BCUT2D eigenvalue weighted by atomic mass is 9.78. The maximum Gasteiger partial charge on any atom is 0.410 e. The fourth-order valence-corrected chi connectivity index (χ4v) is 4.58. The number of carbonyl (C=O) groups is 2. The highest BCUT2D eigenvalue weighted by Crippen LogP contribution is 2.37. The van der Waals surface area contributed by atoms with Gasteiger partial charge in [0.05, 0.1) is 18.6 Å². The minimum atomic E-state index is -1.08. The summed E-state index contributed by atoms with van der Waals surface area (Å²) in [6, 6.07) is 17.2. The minimum Gasteiger partial charge on any atom is -0.497 e. The number of methoxy groups -OCH3 is 1. The van der Waals surface area contributed by atoms with E-state index in [1.807, 2.05) is 59.5 Å². The van der Waals surface area contributed by atoms with E-state index in [0.29, 0.717) is 45.4 Å². The number of hydrogen-bond acceptors (Lipinski definition) is 5. The normalized spacial score (nSPS) is 20.3. The fourth-order valence-electron chi connectivity index (χ4n) is 4.58. The third-order valence-corrected chi connectivity index (χ3v) is 6.57. The molecular weight excluding hydrogens is 408 g/mol. The number of ether oxygens (including phenoxy) is 2. The van der Waals surface area contributed by atoms with Crippen LogP contribution in [0.4, 0.5) is 4.79 Å². The van der Waals surface area contributed by atoms with Crippen molar-refractivity contribution >= 4 is 12.0 Å².